The highest BCUT2D eigenvalue weighted by molar-refractivity contribution is 5.98. The van der Waals surface area contributed by atoms with Gasteiger partial charge >= 0.3 is 5.97 Å². The van der Waals surface area contributed by atoms with Crippen molar-refractivity contribution in [3.05, 3.63) is 66.5 Å². The molecule has 2 amide bonds. The smallest absolute Gasteiger partial charge is 0.330 e. The summed E-state index contributed by atoms with van der Waals surface area (Å²) in [5.41, 5.74) is 2.25. The summed E-state index contributed by atoms with van der Waals surface area (Å²) >= 11 is 0. The Hall–Kier alpha value is -3.54. The Morgan fingerprint density at radius 1 is 0.926 bits per heavy atom. The van der Waals surface area contributed by atoms with Crippen molar-refractivity contribution in [3.63, 3.8) is 0 Å². The Balaban J connectivity index is 2.01. The Morgan fingerprint density at radius 2 is 1.56 bits per heavy atom. The van der Waals surface area contributed by atoms with E-state index in [1.165, 1.54) is 0 Å². The highest BCUT2D eigenvalue weighted by atomic mass is 16.7. The molecule has 0 atom stereocenters. The van der Waals surface area contributed by atoms with E-state index in [4.69, 9.17) is 4.84 Å². The average molecular weight is 362 g/mol. The molecule has 27 heavy (non-hydrogen) atoms. The van der Waals surface area contributed by atoms with Gasteiger partial charge in [0.1, 0.15) is 0 Å². The van der Waals surface area contributed by atoms with Crippen LogP contribution in [0.4, 0.5) is 0 Å². The molecule has 1 heterocycles. The summed E-state index contributed by atoms with van der Waals surface area (Å²) in [7, 11) is 0. The first-order valence-corrected chi connectivity index (χ1v) is 8.41. The molecule has 3 rings (SSSR count). The van der Waals surface area contributed by atoms with Crippen LogP contribution in [0.1, 0.15) is 19.5 Å². The fourth-order valence-corrected chi connectivity index (χ4v) is 2.89. The molecule has 0 aliphatic carbocycles. The quantitative estimate of drug-likeness (QED) is 0.668. The second kappa shape index (κ2) is 7.78. The van der Waals surface area contributed by atoms with Crippen molar-refractivity contribution in [1.29, 1.82) is 0 Å². The van der Waals surface area contributed by atoms with Gasteiger partial charge in [0.25, 0.3) is 11.8 Å². The second-order valence-corrected chi connectivity index (χ2v) is 6.01. The monoisotopic (exact) mass is 362 g/mol. The van der Waals surface area contributed by atoms with E-state index in [2.05, 4.69) is 4.98 Å². The minimum absolute atomic E-state index is 0.174. The first-order chi connectivity index (χ1) is 13.0. The topological polar surface area (TPSA) is 76.6 Å². The Morgan fingerprint density at radius 3 is 2.22 bits per heavy atom. The van der Waals surface area contributed by atoms with Crippen LogP contribution >= 0.6 is 0 Å². The molecule has 136 valence electrons. The maximum absolute atomic E-state index is 12.3. The fraction of sp³-hybridized carbons (Fsp3) is 0.143. The van der Waals surface area contributed by atoms with Crippen molar-refractivity contribution in [2.24, 2.45) is 0 Å². The van der Waals surface area contributed by atoms with Crippen LogP contribution in [-0.2, 0) is 25.6 Å². The van der Waals surface area contributed by atoms with Gasteiger partial charge in [0.05, 0.1) is 12.1 Å². The molecule has 0 N–H and O–H groups in total. The number of benzene rings is 2. The molecule has 1 aromatic heterocycles. The zero-order valence-electron chi connectivity index (χ0n) is 15.0. The van der Waals surface area contributed by atoms with Crippen LogP contribution in [0.2, 0.25) is 0 Å². The summed E-state index contributed by atoms with van der Waals surface area (Å²) in [6, 6.07) is 17.4. The van der Waals surface area contributed by atoms with Gasteiger partial charge in [-0.3, -0.25) is 14.6 Å². The molecule has 6 heteroatoms. The van der Waals surface area contributed by atoms with Gasteiger partial charge < -0.3 is 4.84 Å². The van der Waals surface area contributed by atoms with Crippen molar-refractivity contribution in [2.75, 3.05) is 0 Å². The van der Waals surface area contributed by atoms with E-state index in [-0.39, 0.29) is 6.42 Å². The second-order valence-electron chi connectivity index (χ2n) is 6.01. The molecule has 0 radical (unpaired) electrons. The van der Waals surface area contributed by atoms with Crippen molar-refractivity contribution >= 4 is 28.6 Å². The zero-order valence-corrected chi connectivity index (χ0v) is 15.0. The van der Waals surface area contributed by atoms with Crippen LogP contribution in [0.5, 0.6) is 0 Å². The summed E-state index contributed by atoms with van der Waals surface area (Å²) in [6.45, 7) is 2.30. The maximum Gasteiger partial charge on any atom is 0.339 e. The molecular weight excluding hydrogens is 344 g/mol. The molecule has 0 saturated heterocycles. The van der Waals surface area contributed by atoms with Crippen LogP contribution < -0.4 is 0 Å². The van der Waals surface area contributed by atoms with Gasteiger partial charge in [-0.15, -0.1) is 5.06 Å². The predicted molar refractivity (Wildman–Crippen MR) is 100 cm³/mol. The summed E-state index contributed by atoms with van der Waals surface area (Å²) in [5.74, 6) is -2.06. The van der Waals surface area contributed by atoms with Gasteiger partial charge in [-0.25, -0.2) is 4.79 Å². The molecular formula is C21H18N2O4. The van der Waals surface area contributed by atoms with E-state index in [0.717, 1.165) is 35.7 Å². The lowest BCUT2D eigenvalue weighted by Gasteiger charge is -2.16. The van der Waals surface area contributed by atoms with Crippen LogP contribution in [0, 0.1) is 0 Å². The SMILES string of the molecule is CC(=O)N(OC(=O)Cc1ncc2ccccc2c1-c1ccccc1)C(C)=O. The van der Waals surface area contributed by atoms with Gasteiger partial charge in [-0.05, 0) is 10.9 Å². The Bertz CT molecular complexity index is 1000. The molecule has 0 spiro atoms. The summed E-state index contributed by atoms with van der Waals surface area (Å²) in [5, 5.41) is 2.35. The van der Waals surface area contributed by atoms with Gasteiger partial charge in [-0.1, -0.05) is 54.6 Å². The molecule has 2 aromatic carbocycles. The van der Waals surface area contributed by atoms with Gasteiger partial charge in [0.15, 0.2) is 0 Å². The number of fused-ring (bicyclic) bond motifs is 1. The van der Waals surface area contributed by atoms with Crippen LogP contribution in [0.3, 0.4) is 0 Å². The van der Waals surface area contributed by atoms with Crippen LogP contribution in [-0.4, -0.2) is 27.8 Å². The molecule has 6 nitrogen and oxygen atoms in total. The number of amides is 2. The largest absolute Gasteiger partial charge is 0.339 e. The molecule has 0 unspecified atom stereocenters. The summed E-state index contributed by atoms with van der Waals surface area (Å²) in [4.78, 5) is 44.6. The molecule has 0 fully saturated rings. The number of pyridine rings is 1. The number of rotatable bonds is 3. The number of hydrogen-bond donors (Lipinski definition) is 0. The van der Waals surface area contributed by atoms with Crippen LogP contribution in [0.25, 0.3) is 21.9 Å². The van der Waals surface area contributed by atoms with Crippen molar-refractivity contribution < 1.29 is 19.2 Å². The summed E-state index contributed by atoms with van der Waals surface area (Å²) < 4.78 is 0. The summed E-state index contributed by atoms with van der Waals surface area (Å²) in [6.07, 6.45) is 1.52. The standard InChI is InChI=1S/C21H18N2O4/c1-14(24)23(15(2)25)27-20(26)12-19-21(16-8-4-3-5-9-16)18-11-7-6-10-17(18)13-22-19/h3-11,13H,12H2,1-2H3. The highest BCUT2D eigenvalue weighted by Gasteiger charge is 2.22. The van der Waals surface area contributed by atoms with E-state index < -0.39 is 17.8 Å². The number of hydroxylamine groups is 2. The maximum atomic E-state index is 12.3. The minimum Gasteiger partial charge on any atom is -0.330 e. The Labute approximate surface area is 156 Å². The molecule has 0 aliphatic heterocycles. The first kappa shape index (κ1) is 18.3. The number of hydrogen-bond acceptors (Lipinski definition) is 5. The van der Waals surface area contributed by atoms with E-state index in [1.54, 1.807) is 6.20 Å². The van der Waals surface area contributed by atoms with Gasteiger partial charge in [0.2, 0.25) is 0 Å². The van der Waals surface area contributed by atoms with Gasteiger partial charge in [-0.2, -0.15) is 0 Å². The number of nitrogens with zero attached hydrogens (tertiary/aromatic N) is 2. The molecule has 0 aliphatic rings. The molecule has 3 aromatic rings. The van der Waals surface area contributed by atoms with E-state index >= 15 is 0 Å². The third kappa shape index (κ3) is 4.00. The zero-order chi connectivity index (χ0) is 19.4. The fourth-order valence-electron chi connectivity index (χ4n) is 2.89. The molecule has 0 saturated carbocycles. The number of aromatic nitrogens is 1. The number of carbonyl (C=O) groups excluding carboxylic acids is 3. The Kier molecular flexibility index (Phi) is 5.26. The van der Waals surface area contributed by atoms with E-state index in [9.17, 15) is 14.4 Å². The number of imide groups is 1. The normalized spacial score (nSPS) is 10.4. The van der Waals surface area contributed by atoms with E-state index in [1.807, 2.05) is 54.6 Å². The lowest BCUT2D eigenvalue weighted by Crippen LogP contribution is -2.36. The van der Waals surface area contributed by atoms with Crippen LogP contribution in [0.15, 0.2) is 60.8 Å². The highest BCUT2D eigenvalue weighted by Crippen LogP contribution is 2.31. The van der Waals surface area contributed by atoms with Crippen molar-refractivity contribution in [2.45, 2.75) is 20.3 Å². The third-order valence-electron chi connectivity index (χ3n) is 4.02. The predicted octanol–water partition coefficient (Wildman–Crippen LogP) is 3.30. The van der Waals surface area contributed by atoms with Crippen molar-refractivity contribution in [3.8, 4) is 11.1 Å². The number of carbonyl (C=O) groups is 3. The lowest BCUT2D eigenvalue weighted by atomic mass is 9.96. The van der Waals surface area contributed by atoms with Crippen molar-refractivity contribution in [1.82, 2.24) is 10.0 Å². The van der Waals surface area contributed by atoms with Gasteiger partial charge in [0, 0.05) is 31.0 Å². The minimum atomic E-state index is -0.736. The third-order valence-corrected chi connectivity index (χ3v) is 4.02. The average Bonchev–Trinajstić information content (AvgIpc) is 2.66. The first-order valence-electron chi connectivity index (χ1n) is 8.41. The molecule has 0 bridgehead atoms. The lowest BCUT2D eigenvalue weighted by molar-refractivity contribution is -0.200. The van der Waals surface area contributed by atoms with E-state index in [0.29, 0.717) is 10.8 Å².